The van der Waals surface area contributed by atoms with Crippen molar-refractivity contribution in [3.05, 3.63) is 59.7 Å². The van der Waals surface area contributed by atoms with E-state index in [4.69, 9.17) is 4.74 Å². The van der Waals surface area contributed by atoms with E-state index in [-0.39, 0.29) is 17.8 Å². The average Bonchev–Trinajstić information content (AvgIpc) is 3.51. The molecular formula is C19H18F2N2O5S. The first-order valence-corrected chi connectivity index (χ1v) is 10.2. The third kappa shape index (κ3) is 5.74. The van der Waals surface area contributed by atoms with E-state index in [9.17, 15) is 26.8 Å². The second-order valence-corrected chi connectivity index (χ2v) is 8.25. The van der Waals surface area contributed by atoms with Crippen LogP contribution in [-0.4, -0.2) is 33.4 Å². The monoisotopic (exact) mass is 424 g/mol. The fourth-order valence-corrected chi connectivity index (χ4v) is 3.42. The van der Waals surface area contributed by atoms with Gasteiger partial charge in [0.1, 0.15) is 6.54 Å². The van der Waals surface area contributed by atoms with Crippen LogP contribution in [0.25, 0.3) is 0 Å². The highest BCUT2D eigenvalue weighted by molar-refractivity contribution is 7.92. The molecule has 0 saturated heterocycles. The summed E-state index contributed by atoms with van der Waals surface area (Å²) in [5.74, 6) is -3.06. The van der Waals surface area contributed by atoms with Gasteiger partial charge in [-0.05, 0) is 61.2 Å². The van der Waals surface area contributed by atoms with Gasteiger partial charge < -0.3 is 10.1 Å². The standard InChI is InChI=1S/C19H18F2N2O5S/c20-16-8-7-15(9-17(16)21)29(26,27)23-14-5-3-13(4-6-14)19(25)22-10-18(24)28-11-12-1-2-12/h3-9,12,23H,1-2,10-11H2,(H,22,25). The molecule has 1 fully saturated rings. The quantitative estimate of drug-likeness (QED) is 0.634. The first-order chi connectivity index (χ1) is 13.7. The zero-order chi connectivity index (χ0) is 21.0. The number of carbonyl (C=O) groups excluding carboxylic acids is 2. The molecule has 2 aromatic carbocycles. The number of rotatable bonds is 8. The van der Waals surface area contributed by atoms with Crippen molar-refractivity contribution in [1.29, 1.82) is 0 Å². The van der Waals surface area contributed by atoms with Gasteiger partial charge in [0, 0.05) is 11.3 Å². The van der Waals surface area contributed by atoms with Crippen LogP contribution < -0.4 is 10.0 Å². The number of ether oxygens (including phenoxy) is 1. The summed E-state index contributed by atoms with van der Waals surface area (Å²) in [6.45, 7) is 0.0948. The number of benzene rings is 2. The lowest BCUT2D eigenvalue weighted by Crippen LogP contribution is -2.30. The molecule has 1 aliphatic carbocycles. The smallest absolute Gasteiger partial charge is 0.325 e. The second kappa shape index (κ2) is 8.56. The number of esters is 1. The number of hydrogen-bond donors (Lipinski definition) is 2. The van der Waals surface area contributed by atoms with Crippen molar-refractivity contribution in [2.75, 3.05) is 17.9 Å². The van der Waals surface area contributed by atoms with Crippen molar-refractivity contribution in [3.8, 4) is 0 Å². The summed E-state index contributed by atoms with van der Waals surface area (Å²) in [4.78, 5) is 23.1. The average molecular weight is 424 g/mol. The molecule has 0 atom stereocenters. The third-order valence-corrected chi connectivity index (χ3v) is 5.55. The maximum atomic E-state index is 13.3. The highest BCUT2D eigenvalue weighted by Gasteiger charge is 2.23. The Morgan fingerprint density at radius 2 is 1.72 bits per heavy atom. The molecule has 0 spiro atoms. The number of anilines is 1. The normalized spacial score (nSPS) is 13.6. The lowest BCUT2D eigenvalue weighted by atomic mass is 10.2. The second-order valence-electron chi connectivity index (χ2n) is 6.57. The molecule has 1 aliphatic rings. The summed E-state index contributed by atoms with van der Waals surface area (Å²) in [5, 5.41) is 2.42. The minimum absolute atomic E-state index is 0.120. The minimum atomic E-state index is -4.13. The Labute approximate surface area is 166 Å². The molecule has 2 aromatic rings. The summed E-state index contributed by atoms with van der Waals surface area (Å²) in [7, 11) is -4.13. The van der Waals surface area contributed by atoms with Gasteiger partial charge in [-0.3, -0.25) is 14.3 Å². The summed E-state index contributed by atoms with van der Waals surface area (Å²) < 4.78 is 57.9. The van der Waals surface area contributed by atoms with Crippen LogP contribution >= 0.6 is 0 Å². The van der Waals surface area contributed by atoms with Gasteiger partial charge in [0.2, 0.25) is 0 Å². The Kier molecular flexibility index (Phi) is 6.12. The molecule has 0 radical (unpaired) electrons. The highest BCUT2D eigenvalue weighted by Crippen LogP contribution is 2.28. The predicted octanol–water partition coefficient (Wildman–Crippen LogP) is 2.45. The van der Waals surface area contributed by atoms with Crippen molar-refractivity contribution >= 4 is 27.6 Å². The number of nitrogens with one attached hydrogen (secondary N) is 2. The molecule has 29 heavy (non-hydrogen) atoms. The third-order valence-electron chi connectivity index (χ3n) is 4.17. The van der Waals surface area contributed by atoms with E-state index in [2.05, 4.69) is 10.0 Å². The van der Waals surface area contributed by atoms with Gasteiger partial charge in [-0.2, -0.15) is 0 Å². The van der Waals surface area contributed by atoms with Crippen molar-refractivity contribution in [3.63, 3.8) is 0 Å². The van der Waals surface area contributed by atoms with Gasteiger partial charge in [0.05, 0.1) is 11.5 Å². The summed E-state index contributed by atoms with van der Waals surface area (Å²) in [6, 6.07) is 7.59. The lowest BCUT2D eigenvalue weighted by molar-refractivity contribution is -0.142. The first kappa shape index (κ1) is 20.7. The lowest BCUT2D eigenvalue weighted by Gasteiger charge is -2.09. The van der Waals surface area contributed by atoms with Crippen LogP contribution in [0, 0.1) is 17.6 Å². The van der Waals surface area contributed by atoms with Crippen LogP contribution in [0.1, 0.15) is 23.2 Å². The fraction of sp³-hybridized carbons (Fsp3) is 0.263. The van der Waals surface area contributed by atoms with Gasteiger partial charge in [-0.1, -0.05) is 0 Å². The first-order valence-electron chi connectivity index (χ1n) is 8.76. The fourth-order valence-electron chi connectivity index (χ4n) is 2.35. The molecule has 1 amide bonds. The van der Waals surface area contributed by atoms with Gasteiger partial charge in [0.15, 0.2) is 11.6 Å². The van der Waals surface area contributed by atoms with E-state index in [0.29, 0.717) is 24.7 Å². The number of carbonyl (C=O) groups is 2. The zero-order valence-electron chi connectivity index (χ0n) is 15.2. The molecule has 3 rings (SSSR count). The molecule has 0 bridgehead atoms. The molecule has 0 heterocycles. The van der Waals surface area contributed by atoms with Crippen LogP contribution in [0.2, 0.25) is 0 Å². The van der Waals surface area contributed by atoms with Crippen molar-refractivity contribution < 1.29 is 31.5 Å². The van der Waals surface area contributed by atoms with Gasteiger partial charge in [-0.15, -0.1) is 0 Å². The summed E-state index contributed by atoms with van der Waals surface area (Å²) >= 11 is 0. The topological polar surface area (TPSA) is 102 Å². The van der Waals surface area contributed by atoms with E-state index in [1.165, 1.54) is 24.3 Å². The molecule has 2 N–H and O–H groups in total. The molecule has 154 valence electrons. The van der Waals surface area contributed by atoms with Crippen molar-refractivity contribution in [2.24, 2.45) is 5.92 Å². The molecule has 1 saturated carbocycles. The number of halogens is 2. The molecule has 7 nitrogen and oxygen atoms in total. The predicted molar refractivity (Wildman–Crippen MR) is 99.6 cm³/mol. The van der Waals surface area contributed by atoms with E-state index in [0.717, 1.165) is 18.9 Å². The minimum Gasteiger partial charge on any atom is -0.464 e. The zero-order valence-corrected chi connectivity index (χ0v) is 16.0. The summed E-state index contributed by atoms with van der Waals surface area (Å²) in [5.41, 5.74) is 0.325. The van der Waals surface area contributed by atoms with Crippen LogP contribution in [0.4, 0.5) is 14.5 Å². The van der Waals surface area contributed by atoms with E-state index < -0.39 is 38.4 Å². The molecular weight excluding hydrogens is 406 g/mol. The van der Waals surface area contributed by atoms with Crippen molar-refractivity contribution in [1.82, 2.24) is 5.32 Å². The molecule has 0 aliphatic heterocycles. The largest absolute Gasteiger partial charge is 0.464 e. The Morgan fingerprint density at radius 3 is 2.34 bits per heavy atom. The van der Waals surface area contributed by atoms with E-state index >= 15 is 0 Å². The van der Waals surface area contributed by atoms with Crippen LogP contribution in [0.3, 0.4) is 0 Å². The highest BCUT2D eigenvalue weighted by atomic mass is 32.2. The molecule has 0 unspecified atom stereocenters. The van der Waals surface area contributed by atoms with Gasteiger partial charge in [0.25, 0.3) is 15.9 Å². The van der Waals surface area contributed by atoms with E-state index in [1.54, 1.807) is 0 Å². The Bertz CT molecular complexity index is 1020. The number of amides is 1. The Hall–Kier alpha value is -3.01. The maximum absolute atomic E-state index is 13.3. The SMILES string of the molecule is O=C(CNC(=O)c1ccc(NS(=O)(=O)c2ccc(F)c(F)c2)cc1)OCC1CC1. The molecule has 0 aromatic heterocycles. The van der Waals surface area contributed by atoms with Gasteiger partial charge in [-0.25, -0.2) is 17.2 Å². The van der Waals surface area contributed by atoms with Crippen LogP contribution in [0.15, 0.2) is 47.4 Å². The molecule has 10 heteroatoms. The number of hydrogen-bond acceptors (Lipinski definition) is 5. The number of sulfonamides is 1. The van der Waals surface area contributed by atoms with Crippen LogP contribution in [-0.2, 0) is 19.6 Å². The van der Waals surface area contributed by atoms with E-state index in [1.807, 2.05) is 0 Å². The van der Waals surface area contributed by atoms with Crippen LogP contribution in [0.5, 0.6) is 0 Å². The Morgan fingerprint density at radius 1 is 1.03 bits per heavy atom. The summed E-state index contributed by atoms with van der Waals surface area (Å²) in [6.07, 6.45) is 2.09. The van der Waals surface area contributed by atoms with Crippen molar-refractivity contribution in [2.45, 2.75) is 17.7 Å². The van der Waals surface area contributed by atoms with Gasteiger partial charge >= 0.3 is 5.97 Å². The Balaban J connectivity index is 1.56. The maximum Gasteiger partial charge on any atom is 0.325 e.